The lowest BCUT2D eigenvalue weighted by molar-refractivity contribution is 0.0334. The molecule has 1 rings (SSSR count). The molecule has 1 aromatic rings. The molecule has 0 fully saturated rings. The van der Waals surface area contributed by atoms with Gasteiger partial charge in [0.05, 0.1) is 16.6 Å². The van der Waals surface area contributed by atoms with E-state index in [2.05, 4.69) is 0 Å². The molecular formula is C11H13ClO4S. The molecule has 4 nitrogen and oxygen atoms in total. The molecule has 0 bridgehead atoms. The molecule has 0 aliphatic rings. The Morgan fingerprint density at radius 3 is 2.65 bits per heavy atom. The first kappa shape index (κ1) is 14.0. The number of carbonyl (C=O) groups is 1. The Balaban J connectivity index is 2.97. The van der Waals surface area contributed by atoms with Crippen LogP contribution in [0.5, 0.6) is 0 Å². The predicted octanol–water partition coefficient (Wildman–Crippen LogP) is 2.57. The third-order valence-electron chi connectivity index (χ3n) is 2.23. The third-order valence-corrected chi connectivity index (χ3v) is 3.59. The van der Waals surface area contributed by atoms with Gasteiger partial charge in [0.15, 0.2) is 0 Å². The van der Waals surface area contributed by atoms with Crippen LogP contribution in [0.15, 0.2) is 29.2 Å². The van der Waals surface area contributed by atoms with Crippen molar-refractivity contribution in [2.75, 3.05) is 0 Å². The van der Waals surface area contributed by atoms with Crippen molar-refractivity contribution < 1.29 is 17.9 Å². The summed E-state index contributed by atoms with van der Waals surface area (Å²) >= 11 is 0. The van der Waals surface area contributed by atoms with Crippen molar-refractivity contribution in [2.45, 2.75) is 31.3 Å². The van der Waals surface area contributed by atoms with E-state index >= 15 is 0 Å². The van der Waals surface area contributed by atoms with Crippen LogP contribution in [-0.2, 0) is 13.8 Å². The highest BCUT2D eigenvalue weighted by Gasteiger charge is 2.15. The van der Waals surface area contributed by atoms with Crippen LogP contribution in [0, 0.1) is 0 Å². The van der Waals surface area contributed by atoms with Gasteiger partial charge in [0.2, 0.25) is 0 Å². The van der Waals surface area contributed by atoms with Crippen molar-refractivity contribution in [1.82, 2.24) is 0 Å². The molecule has 1 aromatic carbocycles. The summed E-state index contributed by atoms with van der Waals surface area (Å²) in [5, 5.41) is 0. The minimum absolute atomic E-state index is 0.113. The Kier molecular flexibility index (Phi) is 4.54. The van der Waals surface area contributed by atoms with Crippen LogP contribution in [0.3, 0.4) is 0 Å². The standard InChI is InChI=1S/C11H13ClO4S/c1-3-8(2)16-11(13)9-5-4-6-10(7-9)17(12,14)15/h4-8H,3H2,1-2H3. The summed E-state index contributed by atoms with van der Waals surface area (Å²) in [7, 11) is 1.36. The van der Waals surface area contributed by atoms with Gasteiger partial charge in [0, 0.05) is 10.7 Å². The third kappa shape index (κ3) is 4.02. The monoisotopic (exact) mass is 276 g/mol. The number of carbonyl (C=O) groups excluding carboxylic acids is 1. The summed E-state index contributed by atoms with van der Waals surface area (Å²) in [5.74, 6) is -0.554. The first-order valence-electron chi connectivity index (χ1n) is 5.10. The van der Waals surface area contributed by atoms with Crippen molar-refractivity contribution in [3.8, 4) is 0 Å². The van der Waals surface area contributed by atoms with Gasteiger partial charge in [0.1, 0.15) is 0 Å². The number of halogens is 1. The zero-order valence-electron chi connectivity index (χ0n) is 9.51. The van der Waals surface area contributed by atoms with E-state index in [0.29, 0.717) is 6.42 Å². The van der Waals surface area contributed by atoms with Gasteiger partial charge < -0.3 is 4.74 Å². The largest absolute Gasteiger partial charge is 0.459 e. The van der Waals surface area contributed by atoms with Crippen LogP contribution in [0.25, 0.3) is 0 Å². The molecule has 0 aliphatic heterocycles. The second kappa shape index (κ2) is 5.51. The molecule has 0 spiro atoms. The maximum atomic E-state index is 11.6. The van der Waals surface area contributed by atoms with Crippen molar-refractivity contribution in [2.24, 2.45) is 0 Å². The van der Waals surface area contributed by atoms with E-state index in [1.807, 2.05) is 6.92 Å². The van der Waals surface area contributed by atoms with Crippen LogP contribution in [0.1, 0.15) is 30.6 Å². The van der Waals surface area contributed by atoms with Crippen molar-refractivity contribution in [3.05, 3.63) is 29.8 Å². The van der Waals surface area contributed by atoms with Gasteiger partial charge in [-0.25, -0.2) is 13.2 Å². The zero-order valence-corrected chi connectivity index (χ0v) is 11.1. The highest BCUT2D eigenvalue weighted by atomic mass is 35.7. The molecule has 0 saturated heterocycles. The summed E-state index contributed by atoms with van der Waals surface area (Å²) in [6.07, 6.45) is 0.484. The Labute approximate surface area is 105 Å². The highest BCUT2D eigenvalue weighted by molar-refractivity contribution is 8.13. The van der Waals surface area contributed by atoms with E-state index in [1.54, 1.807) is 6.92 Å². The van der Waals surface area contributed by atoms with Gasteiger partial charge in [-0.2, -0.15) is 0 Å². The van der Waals surface area contributed by atoms with Crippen LogP contribution < -0.4 is 0 Å². The molecule has 1 unspecified atom stereocenters. The molecule has 0 amide bonds. The second-order valence-corrected chi connectivity index (χ2v) is 6.16. The van der Waals surface area contributed by atoms with Crippen LogP contribution in [-0.4, -0.2) is 20.5 Å². The molecule has 0 aliphatic carbocycles. The van der Waals surface area contributed by atoms with Crippen molar-refractivity contribution in [1.29, 1.82) is 0 Å². The first-order chi connectivity index (χ1) is 7.84. The zero-order chi connectivity index (χ0) is 13.1. The fraction of sp³-hybridized carbons (Fsp3) is 0.364. The average molecular weight is 277 g/mol. The Bertz CT molecular complexity index is 510. The van der Waals surface area contributed by atoms with Gasteiger partial charge in [-0.15, -0.1) is 0 Å². The first-order valence-corrected chi connectivity index (χ1v) is 7.41. The van der Waals surface area contributed by atoms with E-state index in [9.17, 15) is 13.2 Å². The molecule has 94 valence electrons. The summed E-state index contributed by atoms with van der Waals surface area (Å²) in [4.78, 5) is 11.5. The lowest BCUT2D eigenvalue weighted by Crippen LogP contribution is -2.14. The van der Waals surface area contributed by atoms with Gasteiger partial charge in [-0.1, -0.05) is 13.0 Å². The molecule has 6 heteroatoms. The van der Waals surface area contributed by atoms with Gasteiger partial charge >= 0.3 is 5.97 Å². The number of rotatable bonds is 4. The van der Waals surface area contributed by atoms with E-state index in [4.69, 9.17) is 15.4 Å². The topological polar surface area (TPSA) is 60.4 Å². The molecule has 0 heterocycles. The maximum absolute atomic E-state index is 11.6. The van der Waals surface area contributed by atoms with E-state index in [-0.39, 0.29) is 16.6 Å². The lowest BCUT2D eigenvalue weighted by Gasteiger charge is -2.10. The van der Waals surface area contributed by atoms with Gasteiger partial charge in [-0.3, -0.25) is 0 Å². The fourth-order valence-corrected chi connectivity index (χ4v) is 1.91. The predicted molar refractivity (Wildman–Crippen MR) is 64.6 cm³/mol. The SMILES string of the molecule is CCC(C)OC(=O)c1cccc(S(=O)(=O)Cl)c1. The molecule has 0 N–H and O–H groups in total. The lowest BCUT2D eigenvalue weighted by atomic mass is 10.2. The average Bonchev–Trinajstić information content (AvgIpc) is 2.28. The van der Waals surface area contributed by atoms with E-state index < -0.39 is 15.0 Å². The second-order valence-electron chi connectivity index (χ2n) is 3.59. The molecule has 17 heavy (non-hydrogen) atoms. The van der Waals surface area contributed by atoms with Gasteiger partial charge in [-0.05, 0) is 31.5 Å². The van der Waals surface area contributed by atoms with Crippen molar-refractivity contribution in [3.63, 3.8) is 0 Å². The summed E-state index contributed by atoms with van der Waals surface area (Å²) in [5.41, 5.74) is 0.173. The maximum Gasteiger partial charge on any atom is 0.338 e. The van der Waals surface area contributed by atoms with Crippen LogP contribution in [0.4, 0.5) is 0 Å². The summed E-state index contributed by atoms with van der Waals surface area (Å²) in [6.45, 7) is 3.65. The Morgan fingerprint density at radius 2 is 2.12 bits per heavy atom. The highest BCUT2D eigenvalue weighted by Crippen LogP contribution is 2.17. The number of hydrogen-bond donors (Lipinski definition) is 0. The number of esters is 1. The number of benzene rings is 1. The number of ether oxygens (including phenoxy) is 1. The van der Waals surface area contributed by atoms with Crippen LogP contribution in [0.2, 0.25) is 0 Å². The smallest absolute Gasteiger partial charge is 0.338 e. The molecule has 0 radical (unpaired) electrons. The Morgan fingerprint density at radius 1 is 1.47 bits per heavy atom. The number of hydrogen-bond acceptors (Lipinski definition) is 4. The van der Waals surface area contributed by atoms with E-state index in [0.717, 1.165) is 0 Å². The van der Waals surface area contributed by atoms with Crippen molar-refractivity contribution >= 4 is 25.7 Å². The van der Waals surface area contributed by atoms with Gasteiger partial charge in [0.25, 0.3) is 9.05 Å². The summed E-state index contributed by atoms with van der Waals surface area (Å²) < 4.78 is 27.3. The molecule has 0 saturated carbocycles. The quantitative estimate of drug-likeness (QED) is 0.626. The van der Waals surface area contributed by atoms with E-state index in [1.165, 1.54) is 24.3 Å². The molecular weight excluding hydrogens is 264 g/mol. The summed E-state index contributed by atoms with van der Waals surface area (Å²) in [6, 6.07) is 5.45. The molecule has 1 atom stereocenters. The normalized spacial score (nSPS) is 13.1. The molecule has 0 aromatic heterocycles. The Hall–Kier alpha value is -1.07. The fourth-order valence-electron chi connectivity index (χ4n) is 1.11. The minimum Gasteiger partial charge on any atom is -0.459 e. The van der Waals surface area contributed by atoms with Crippen LogP contribution >= 0.6 is 10.7 Å². The minimum atomic E-state index is -3.83.